The molecule has 0 aliphatic rings. The molecule has 1 atom stereocenters. The summed E-state index contributed by atoms with van der Waals surface area (Å²) in [5.74, 6) is -1.38. The zero-order valence-electron chi connectivity index (χ0n) is 9.84. The van der Waals surface area contributed by atoms with Gasteiger partial charge in [0.15, 0.2) is 5.69 Å². The zero-order chi connectivity index (χ0) is 13.9. The molecule has 0 aromatic carbocycles. The topological polar surface area (TPSA) is 142 Å². The van der Waals surface area contributed by atoms with Crippen LogP contribution in [0.15, 0.2) is 6.20 Å². The minimum atomic E-state index is -0.972. The van der Waals surface area contributed by atoms with E-state index in [0.717, 1.165) is 4.68 Å². The molecule has 0 radical (unpaired) electrons. The van der Waals surface area contributed by atoms with Crippen LogP contribution < -0.4 is 16.8 Å². The molecule has 0 spiro atoms. The Labute approximate surface area is 102 Å². The van der Waals surface area contributed by atoms with Crippen molar-refractivity contribution >= 4 is 23.6 Å². The van der Waals surface area contributed by atoms with Crippen molar-refractivity contribution in [2.24, 2.45) is 5.73 Å². The highest BCUT2D eigenvalue weighted by Gasteiger charge is 2.21. The van der Waals surface area contributed by atoms with E-state index in [1.165, 1.54) is 20.2 Å². The maximum atomic E-state index is 11.5. The van der Waals surface area contributed by atoms with Crippen LogP contribution in [0.4, 0.5) is 10.5 Å². The molecule has 3 amide bonds. The van der Waals surface area contributed by atoms with Crippen LogP contribution in [0.5, 0.6) is 0 Å². The molecule has 0 fully saturated rings. The lowest BCUT2D eigenvalue weighted by molar-refractivity contribution is -0.122. The van der Waals surface area contributed by atoms with Gasteiger partial charge in [0, 0.05) is 6.20 Å². The average Bonchev–Trinajstić information content (AvgIpc) is 2.68. The number of nitrogens with one attached hydrogen (secondary N) is 1. The summed E-state index contributed by atoms with van der Waals surface area (Å²) in [7, 11) is 1.18. The Hall–Kier alpha value is -2.58. The van der Waals surface area contributed by atoms with Gasteiger partial charge in [-0.15, -0.1) is 0 Å². The lowest BCUT2D eigenvalue weighted by Crippen LogP contribution is -2.39. The van der Waals surface area contributed by atoms with E-state index in [9.17, 15) is 14.4 Å². The van der Waals surface area contributed by atoms with Gasteiger partial charge in [0.05, 0.1) is 12.8 Å². The number of aromatic nitrogens is 2. The summed E-state index contributed by atoms with van der Waals surface area (Å²) in [5.41, 5.74) is 10.3. The highest BCUT2D eigenvalue weighted by Crippen LogP contribution is 2.14. The van der Waals surface area contributed by atoms with E-state index in [0.29, 0.717) is 0 Å². The highest BCUT2D eigenvalue weighted by atomic mass is 16.5. The Morgan fingerprint density at radius 3 is 2.61 bits per heavy atom. The van der Waals surface area contributed by atoms with Crippen LogP contribution in [0.25, 0.3) is 0 Å². The number of imide groups is 1. The van der Waals surface area contributed by atoms with Crippen LogP contribution in [-0.2, 0) is 9.53 Å². The molecular formula is C9H13N5O4. The molecule has 0 bridgehead atoms. The van der Waals surface area contributed by atoms with Gasteiger partial charge in [-0.1, -0.05) is 0 Å². The summed E-state index contributed by atoms with van der Waals surface area (Å²) in [6.07, 6.45) is 1.29. The van der Waals surface area contributed by atoms with E-state index in [4.69, 9.17) is 11.5 Å². The van der Waals surface area contributed by atoms with Gasteiger partial charge in [-0.2, -0.15) is 5.10 Å². The van der Waals surface area contributed by atoms with Crippen molar-refractivity contribution in [3.63, 3.8) is 0 Å². The van der Waals surface area contributed by atoms with Gasteiger partial charge >= 0.3 is 12.0 Å². The van der Waals surface area contributed by atoms with Crippen molar-refractivity contribution in [2.75, 3.05) is 12.8 Å². The van der Waals surface area contributed by atoms with E-state index in [2.05, 4.69) is 9.84 Å². The van der Waals surface area contributed by atoms with E-state index in [1.54, 1.807) is 0 Å². The Morgan fingerprint density at radius 1 is 1.50 bits per heavy atom. The summed E-state index contributed by atoms with van der Waals surface area (Å²) in [4.78, 5) is 33.3. The quantitative estimate of drug-likeness (QED) is 0.591. The number of urea groups is 1. The van der Waals surface area contributed by atoms with Gasteiger partial charge in [-0.3, -0.25) is 14.8 Å². The fraction of sp³-hybridized carbons (Fsp3) is 0.333. The fourth-order valence-corrected chi connectivity index (χ4v) is 1.21. The lowest BCUT2D eigenvalue weighted by atomic mass is 10.3. The third-order valence-electron chi connectivity index (χ3n) is 2.16. The molecule has 98 valence electrons. The zero-order valence-corrected chi connectivity index (χ0v) is 9.84. The number of esters is 1. The number of nitrogens with two attached hydrogens (primary N) is 2. The number of rotatable bonds is 3. The summed E-state index contributed by atoms with van der Waals surface area (Å²) in [6, 6.07) is -1.82. The van der Waals surface area contributed by atoms with E-state index >= 15 is 0 Å². The van der Waals surface area contributed by atoms with Crippen LogP contribution in [0.3, 0.4) is 0 Å². The Bertz CT molecular complexity index is 495. The molecule has 1 rings (SSSR count). The minimum Gasteiger partial charge on any atom is -0.464 e. The number of nitrogens with zero attached hydrogens (tertiary/aromatic N) is 2. The SMILES string of the molecule is COC(=O)c1nn(C(C)C(=O)NC(N)=O)cc1N. The van der Waals surface area contributed by atoms with Crippen LogP contribution >= 0.6 is 0 Å². The standard InChI is InChI=1S/C9H13N5O4/c1-4(7(15)12-9(11)17)14-3-5(10)6(13-14)8(16)18-2/h3-4H,10H2,1-2H3,(H3,11,12,15,17). The first-order valence-electron chi connectivity index (χ1n) is 4.90. The molecule has 1 heterocycles. The molecule has 1 unspecified atom stereocenters. The highest BCUT2D eigenvalue weighted by molar-refractivity contribution is 5.96. The number of nitrogen functional groups attached to an aromatic ring is 1. The molecule has 9 heteroatoms. The van der Waals surface area contributed by atoms with Crippen LogP contribution in [0.1, 0.15) is 23.5 Å². The number of amides is 3. The number of anilines is 1. The number of hydrogen-bond acceptors (Lipinski definition) is 6. The first-order chi connectivity index (χ1) is 8.36. The maximum absolute atomic E-state index is 11.5. The molecule has 0 aliphatic heterocycles. The molecule has 0 saturated carbocycles. The van der Waals surface area contributed by atoms with E-state index < -0.39 is 23.9 Å². The number of ether oxygens (including phenoxy) is 1. The van der Waals surface area contributed by atoms with Gasteiger partial charge in [-0.25, -0.2) is 9.59 Å². The Morgan fingerprint density at radius 2 is 2.11 bits per heavy atom. The second kappa shape index (κ2) is 5.17. The molecular weight excluding hydrogens is 242 g/mol. The van der Waals surface area contributed by atoms with Crippen LogP contribution in [0.2, 0.25) is 0 Å². The number of methoxy groups -OCH3 is 1. The maximum Gasteiger partial charge on any atom is 0.360 e. The first-order valence-corrected chi connectivity index (χ1v) is 4.90. The van der Waals surface area contributed by atoms with Crippen molar-refractivity contribution < 1.29 is 19.1 Å². The number of carbonyl (C=O) groups is 3. The lowest BCUT2D eigenvalue weighted by Gasteiger charge is -2.10. The van der Waals surface area contributed by atoms with Crippen molar-refractivity contribution in [2.45, 2.75) is 13.0 Å². The fourth-order valence-electron chi connectivity index (χ4n) is 1.21. The number of carbonyl (C=O) groups excluding carboxylic acids is 3. The van der Waals surface area contributed by atoms with Crippen molar-refractivity contribution in [3.05, 3.63) is 11.9 Å². The van der Waals surface area contributed by atoms with E-state index in [1.807, 2.05) is 5.32 Å². The van der Waals surface area contributed by atoms with Gasteiger partial charge in [0.2, 0.25) is 0 Å². The van der Waals surface area contributed by atoms with Crippen molar-refractivity contribution in [1.29, 1.82) is 0 Å². The smallest absolute Gasteiger partial charge is 0.360 e. The largest absolute Gasteiger partial charge is 0.464 e. The van der Waals surface area contributed by atoms with Crippen molar-refractivity contribution in [1.82, 2.24) is 15.1 Å². The molecule has 5 N–H and O–H groups in total. The average molecular weight is 255 g/mol. The number of primary amides is 1. The van der Waals surface area contributed by atoms with Gasteiger partial charge < -0.3 is 16.2 Å². The third-order valence-corrected chi connectivity index (χ3v) is 2.16. The molecule has 9 nitrogen and oxygen atoms in total. The second-order valence-corrected chi connectivity index (χ2v) is 3.43. The Balaban J connectivity index is 2.94. The monoisotopic (exact) mass is 255 g/mol. The van der Waals surface area contributed by atoms with Crippen LogP contribution in [0, 0.1) is 0 Å². The van der Waals surface area contributed by atoms with E-state index in [-0.39, 0.29) is 11.4 Å². The summed E-state index contributed by atoms with van der Waals surface area (Å²) >= 11 is 0. The molecule has 1 aromatic rings. The summed E-state index contributed by atoms with van der Waals surface area (Å²) in [5, 5.41) is 5.71. The van der Waals surface area contributed by atoms with Crippen molar-refractivity contribution in [3.8, 4) is 0 Å². The predicted octanol–water partition coefficient (Wildman–Crippen LogP) is -0.992. The van der Waals surface area contributed by atoms with Gasteiger partial charge in [-0.05, 0) is 6.92 Å². The minimum absolute atomic E-state index is 0.0700. The van der Waals surface area contributed by atoms with Gasteiger partial charge in [0.25, 0.3) is 5.91 Å². The molecule has 0 saturated heterocycles. The summed E-state index contributed by atoms with van der Waals surface area (Å²) < 4.78 is 5.60. The molecule has 18 heavy (non-hydrogen) atoms. The van der Waals surface area contributed by atoms with Gasteiger partial charge in [0.1, 0.15) is 6.04 Å². The normalized spacial score (nSPS) is 11.7. The molecule has 0 aliphatic carbocycles. The number of hydrogen-bond donors (Lipinski definition) is 3. The third kappa shape index (κ3) is 2.75. The molecule has 1 aromatic heterocycles. The summed E-state index contributed by atoms with van der Waals surface area (Å²) in [6.45, 7) is 1.46. The predicted molar refractivity (Wildman–Crippen MR) is 60.4 cm³/mol. The Kier molecular flexibility index (Phi) is 3.87. The van der Waals surface area contributed by atoms with Crippen LogP contribution in [-0.4, -0.2) is 34.8 Å². The second-order valence-electron chi connectivity index (χ2n) is 3.43. The first kappa shape index (κ1) is 13.5.